The maximum atomic E-state index is 12.5. The van der Waals surface area contributed by atoms with Gasteiger partial charge in [-0.25, -0.2) is 4.99 Å². The molecule has 0 aliphatic heterocycles. The highest BCUT2D eigenvalue weighted by Crippen LogP contribution is 2.30. The van der Waals surface area contributed by atoms with Crippen LogP contribution in [0.15, 0.2) is 41.7 Å². The molecule has 162 valence electrons. The van der Waals surface area contributed by atoms with Crippen LogP contribution in [0.2, 0.25) is 0 Å². The lowest BCUT2D eigenvalue weighted by Gasteiger charge is -2.13. The van der Waals surface area contributed by atoms with E-state index in [4.69, 9.17) is 4.74 Å². The molecule has 1 heterocycles. The number of guanidine groups is 1. The van der Waals surface area contributed by atoms with Crippen LogP contribution in [0, 0.1) is 0 Å². The van der Waals surface area contributed by atoms with Gasteiger partial charge in [0.05, 0.1) is 13.2 Å². The number of rotatable bonds is 11. The highest BCUT2D eigenvalue weighted by Gasteiger charge is 2.11. The molecular formula is C19H28F2IN5O2. The average Bonchev–Trinajstić information content (AvgIpc) is 3.18. The van der Waals surface area contributed by atoms with Crippen molar-refractivity contribution in [3.63, 3.8) is 0 Å². The Hall–Kier alpha value is -2.11. The van der Waals surface area contributed by atoms with Crippen LogP contribution >= 0.6 is 24.0 Å². The van der Waals surface area contributed by atoms with E-state index >= 15 is 0 Å². The van der Waals surface area contributed by atoms with Crippen LogP contribution in [0.5, 0.6) is 11.5 Å². The summed E-state index contributed by atoms with van der Waals surface area (Å²) in [5.74, 6) is 0.995. The molecule has 1 aromatic carbocycles. The predicted molar refractivity (Wildman–Crippen MR) is 119 cm³/mol. The Kier molecular flexibility index (Phi) is 12.0. The van der Waals surface area contributed by atoms with Crippen molar-refractivity contribution < 1.29 is 18.3 Å². The summed E-state index contributed by atoms with van der Waals surface area (Å²) >= 11 is 0. The number of alkyl halides is 2. The van der Waals surface area contributed by atoms with Crippen molar-refractivity contribution in [3.8, 4) is 11.5 Å². The first-order valence-corrected chi connectivity index (χ1v) is 9.32. The van der Waals surface area contributed by atoms with E-state index in [0.717, 1.165) is 31.6 Å². The molecule has 2 N–H and O–H groups in total. The molecule has 0 spiro atoms. The number of hydrogen-bond donors (Lipinski definition) is 2. The smallest absolute Gasteiger partial charge is 0.387 e. The molecule has 0 saturated heterocycles. The van der Waals surface area contributed by atoms with Gasteiger partial charge in [0.15, 0.2) is 17.5 Å². The third-order valence-corrected chi connectivity index (χ3v) is 3.70. The second-order valence-electron chi connectivity index (χ2n) is 5.84. The zero-order chi connectivity index (χ0) is 20.2. The van der Waals surface area contributed by atoms with Crippen molar-refractivity contribution >= 4 is 29.9 Å². The topological polar surface area (TPSA) is 72.7 Å². The summed E-state index contributed by atoms with van der Waals surface area (Å²) in [6, 6.07) is 6.75. The van der Waals surface area contributed by atoms with Crippen molar-refractivity contribution in [2.75, 3.05) is 19.7 Å². The first-order valence-electron chi connectivity index (χ1n) is 9.32. The standard InChI is InChI=1S/C19H27F2N5O2.HI/c1-3-22-19(23-9-5-11-26-12-6-10-25-26)24-14-15-7-8-16(28-18(20)21)17(13-15)27-4-2;/h6-8,10,12-13,18H,3-5,9,11,14H2,1-2H3,(H2,22,23,24);1H. The predicted octanol–water partition coefficient (Wildman–Crippen LogP) is 3.65. The normalized spacial score (nSPS) is 11.1. The summed E-state index contributed by atoms with van der Waals surface area (Å²) in [6.07, 6.45) is 4.59. The summed E-state index contributed by atoms with van der Waals surface area (Å²) in [5, 5.41) is 10.6. The molecule has 1 aromatic heterocycles. The van der Waals surface area contributed by atoms with Crippen LogP contribution in [0.25, 0.3) is 0 Å². The highest BCUT2D eigenvalue weighted by atomic mass is 127. The molecule has 7 nitrogen and oxygen atoms in total. The molecule has 0 fully saturated rings. The van der Waals surface area contributed by atoms with E-state index in [1.54, 1.807) is 25.3 Å². The van der Waals surface area contributed by atoms with E-state index in [0.29, 0.717) is 19.1 Å². The molecule has 0 aliphatic rings. The number of aliphatic imine (C=N–C) groups is 1. The van der Waals surface area contributed by atoms with Crippen LogP contribution in [-0.2, 0) is 13.1 Å². The average molecular weight is 523 g/mol. The summed E-state index contributed by atoms with van der Waals surface area (Å²) in [4.78, 5) is 4.54. The Balaban J connectivity index is 0.00000420. The van der Waals surface area contributed by atoms with E-state index in [-0.39, 0.29) is 35.5 Å². The molecular weight excluding hydrogens is 495 g/mol. The van der Waals surface area contributed by atoms with E-state index in [2.05, 4.69) is 25.5 Å². The summed E-state index contributed by atoms with van der Waals surface area (Å²) in [6.45, 7) is 3.92. The van der Waals surface area contributed by atoms with Crippen LogP contribution in [0.3, 0.4) is 0 Å². The first kappa shape index (κ1) is 24.9. The van der Waals surface area contributed by atoms with Crippen molar-refractivity contribution in [3.05, 3.63) is 42.2 Å². The number of halogens is 3. The Morgan fingerprint density at radius 1 is 1.24 bits per heavy atom. The first-order chi connectivity index (χ1) is 13.6. The van der Waals surface area contributed by atoms with Gasteiger partial charge in [-0.15, -0.1) is 24.0 Å². The van der Waals surface area contributed by atoms with Gasteiger partial charge in [-0.1, -0.05) is 6.07 Å². The van der Waals surface area contributed by atoms with Gasteiger partial charge in [-0.2, -0.15) is 13.9 Å². The molecule has 0 amide bonds. The van der Waals surface area contributed by atoms with Gasteiger partial charge in [0.25, 0.3) is 0 Å². The lowest BCUT2D eigenvalue weighted by Crippen LogP contribution is -2.38. The minimum absolute atomic E-state index is 0. The number of aromatic nitrogens is 2. The highest BCUT2D eigenvalue weighted by molar-refractivity contribution is 14.0. The Labute approximate surface area is 186 Å². The fourth-order valence-electron chi connectivity index (χ4n) is 2.51. The van der Waals surface area contributed by atoms with Gasteiger partial charge in [0, 0.05) is 32.0 Å². The molecule has 0 bridgehead atoms. The molecule has 0 unspecified atom stereocenters. The van der Waals surface area contributed by atoms with E-state index in [9.17, 15) is 8.78 Å². The van der Waals surface area contributed by atoms with Crippen LogP contribution < -0.4 is 20.1 Å². The van der Waals surface area contributed by atoms with Gasteiger partial charge in [0.1, 0.15) is 0 Å². The van der Waals surface area contributed by atoms with Crippen LogP contribution in [0.4, 0.5) is 8.78 Å². The van der Waals surface area contributed by atoms with Gasteiger partial charge >= 0.3 is 6.61 Å². The maximum absolute atomic E-state index is 12.5. The number of hydrogen-bond acceptors (Lipinski definition) is 4. The molecule has 2 aromatic rings. The third-order valence-electron chi connectivity index (χ3n) is 3.70. The Morgan fingerprint density at radius 3 is 2.72 bits per heavy atom. The monoisotopic (exact) mass is 523 g/mol. The molecule has 29 heavy (non-hydrogen) atoms. The fourth-order valence-corrected chi connectivity index (χ4v) is 2.51. The second-order valence-corrected chi connectivity index (χ2v) is 5.84. The number of benzene rings is 1. The molecule has 0 atom stereocenters. The van der Waals surface area contributed by atoms with Crippen molar-refractivity contribution in [1.82, 2.24) is 20.4 Å². The Morgan fingerprint density at radius 2 is 2.07 bits per heavy atom. The van der Waals surface area contributed by atoms with Gasteiger partial charge in [0.2, 0.25) is 0 Å². The fraction of sp³-hybridized carbons (Fsp3) is 0.474. The molecule has 0 aliphatic carbocycles. The lowest BCUT2D eigenvalue weighted by atomic mass is 10.2. The minimum atomic E-state index is -2.89. The number of nitrogens with zero attached hydrogens (tertiary/aromatic N) is 3. The zero-order valence-electron chi connectivity index (χ0n) is 16.6. The van der Waals surface area contributed by atoms with E-state index in [1.165, 1.54) is 6.07 Å². The summed E-state index contributed by atoms with van der Waals surface area (Å²) in [5.41, 5.74) is 0.832. The third kappa shape index (κ3) is 9.29. The molecule has 10 heteroatoms. The van der Waals surface area contributed by atoms with Crippen molar-refractivity contribution in [1.29, 1.82) is 0 Å². The minimum Gasteiger partial charge on any atom is -0.490 e. The number of ether oxygens (including phenoxy) is 2. The van der Waals surface area contributed by atoms with Crippen LogP contribution in [0.1, 0.15) is 25.8 Å². The summed E-state index contributed by atoms with van der Waals surface area (Å²) < 4.78 is 36.8. The lowest BCUT2D eigenvalue weighted by molar-refractivity contribution is -0.0514. The summed E-state index contributed by atoms with van der Waals surface area (Å²) in [7, 11) is 0. The molecule has 0 saturated carbocycles. The number of nitrogens with one attached hydrogen (secondary N) is 2. The van der Waals surface area contributed by atoms with E-state index < -0.39 is 6.61 Å². The number of aryl methyl sites for hydroxylation is 1. The quantitative estimate of drug-likeness (QED) is 0.204. The largest absolute Gasteiger partial charge is 0.490 e. The Bertz CT molecular complexity index is 729. The van der Waals surface area contributed by atoms with Crippen LogP contribution in [-0.4, -0.2) is 42.0 Å². The molecule has 2 rings (SSSR count). The van der Waals surface area contributed by atoms with Gasteiger partial charge in [-0.05, 0) is 44.0 Å². The van der Waals surface area contributed by atoms with Gasteiger partial charge < -0.3 is 20.1 Å². The van der Waals surface area contributed by atoms with Gasteiger partial charge in [-0.3, -0.25) is 4.68 Å². The van der Waals surface area contributed by atoms with Crippen molar-refractivity contribution in [2.24, 2.45) is 4.99 Å². The zero-order valence-corrected chi connectivity index (χ0v) is 18.9. The van der Waals surface area contributed by atoms with Crippen molar-refractivity contribution in [2.45, 2.75) is 40.0 Å². The SMILES string of the molecule is CCNC(=NCc1ccc(OC(F)F)c(OCC)c1)NCCCn1cccn1.I. The van der Waals surface area contributed by atoms with E-state index in [1.807, 2.05) is 23.9 Å². The maximum Gasteiger partial charge on any atom is 0.387 e. The molecule has 0 radical (unpaired) electrons. The second kappa shape index (κ2) is 14.0.